The van der Waals surface area contributed by atoms with Crippen molar-refractivity contribution in [3.8, 4) is 11.5 Å². The fourth-order valence-electron chi connectivity index (χ4n) is 1.45. The van der Waals surface area contributed by atoms with Crippen molar-refractivity contribution in [1.82, 2.24) is 0 Å². The summed E-state index contributed by atoms with van der Waals surface area (Å²) in [7, 11) is 1.60. The molecule has 4 nitrogen and oxygen atoms in total. The summed E-state index contributed by atoms with van der Waals surface area (Å²) in [6.07, 6.45) is 1.62. The van der Waals surface area contributed by atoms with Crippen molar-refractivity contribution in [3.63, 3.8) is 0 Å². The first kappa shape index (κ1) is 9.86. The van der Waals surface area contributed by atoms with Crippen LogP contribution in [-0.4, -0.2) is 20.3 Å². The second kappa shape index (κ2) is 4.23. The molecule has 0 unspecified atom stereocenters. The summed E-state index contributed by atoms with van der Waals surface area (Å²) in [5.74, 6) is 1.27. The number of fused-ring (bicyclic) bond motifs is 1. The number of hydrogen-bond acceptors (Lipinski definition) is 4. The quantitative estimate of drug-likeness (QED) is 0.830. The fraction of sp³-hybridized carbons (Fsp3) is 0.273. The van der Waals surface area contributed by atoms with Crippen LogP contribution < -0.4 is 15.2 Å². The van der Waals surface area contributed by atoms with E-state index in [4.69, 9.17) is 19.6 Å². The van der Waals surface area contributed by atoms with Crippen molar-refractivity contribution in [1.29, 1.82) is 0 Å². The molecule has 2 rings (SSSR count). The van der Waals surface area contributed by atoms with E-state index in [-0.39, 0.29) is 0 Å². The van der Waals surface area contributed by atoms with Crippen LogP contribution in [0.2, 0.25) is 0 Å². The molecule has 0 aliphatic rings. The fourth-order valence-corrected chi connectivity index (χ4v) is 1.45. The molecular weight excluding hydrogens is 194 g/mol. The van der Waals surface area contributed by atoms with Crippen LogP contribution in [0.5, 0.6) is 11.5 Å². The number of benzene rings is 1. The molecule has 0 radical (unpaired) electrons. The molecule has 0 atom stereocenters. The molecule has 0 aliphatic heterocycles. The van der Waals surface area contributed by atoms with Gasteiger partial charge in [-0.15, -0.1) is 0 Å². The maximum absolute atomic E-state index is 5.51. The highest BCUT2D eigenvalue weighted by Gasteiger charge is 2.11. The van der Waals surface area contributed by atoms with Crippen LogP contribution in [0.15, 0.2) is 28.9 Å². The van der Waals surface area contributed by atoms with E-state index in [2.05, 4.69) is 0 Å². The third-order valence-electron chi connectivity index (χ3n) is 2.12. The molecule has 0 aliphatic carbocycles. The van der Waals surface area contributed by atoms with Crippen LogP contribution in [0.4, 0.5) is 0 Å². The molecule has 4 heteroatoms. The van der Waals surface area contributed by atoms with Crippen LogP contribution in [0, 0.1) is 0 Å². The first-order chi connectivity index (χ1) is 7.36. The molecule has 15 heavy (non-hydrogen) atoms. The van der Waals surface area contributed by atoms with E-state index >= 15 is 0 Å². The Kier molecular flexibility index (Phi) is 2.78. The maximum Gasteiger partial charge on any atom is 0.204 e. The minimum absolute atomic E-state index is 0.441. The Labute approximate surface area is 87.6 Å². The van der Waals surface area contributed by atoms with Gasteiger partial charge in [-0.3, -0.25) is 0 Å². The van der Waals surface area contributed by atoms with Crippen molar-refractivity contribution in [2.24, 2.45) is 5.73 Å². The molecule has 80 valence electrons. The van der Waals surface area contributed by atoms with Crippen LogP contribution in [0.3, 0.4) is 0 Å². The molecule has 1 aromatic carbocycles. The Bertz CT molecular complexity index is 450. The van der Waals surface area contributed by atoms with Crippen LogP contribution in [0.25, 0.3) is 11.0 Å². The summed E-state index contributed by atoms with van der Waals surface area (Å²) in [6, 6.07) is 5.65. The van der Waals surface area contributed by atoms with E-state index in [1.165, 1.54) is 0 Å². The van der Waals surface area contributed by atoms with Gasteiger partial charge in [-0.1, -0.05) is 0 Å². The van der Waals surface area contributed by atoms with Gasteiger partial charge in [0.2, 0.25) is 5.75 Å². The molecule has 2 aromatic rings. The van der Waals surface area contributed by atoms with E-state index in [9.17, 15) is 0 Å². The van der Waals surface area contributed by atoms with Crippen molar-refractivity contribution >= 4 is 11.0 Å². The predicted molar refractivity (Wildman–Crippen MR) is 57.3 cm³/mol. The molecule has 0 bridgehead atoms. The van der Waals surface area contributed by atoms with E-state index in [1.807, 2.05) is 18.2 Å². The largest absolute Gasteiger partial charge is 0.493 e. The Hall–Kier alpha value is -1.68. The molecule has 0 saturated carbocycles. The standard InChI is InChI=1S/C11H13NO3/c1-13-9-3-2-8-4-6-14-10(8)11(9)15-7-5-12/h2-4,6H,5,7,12H2,1H3. The summed E-state index contributed by atoms with van der Waals surface area (Å²) in [5.41, 5.74) is 6.09. The first-order valence-corrected chi connectivity index (χ1v) is 4.74. The third kappa shape index (κ3) is 1.76. The van der Waals surface area contributed by atoms with Crippen molar-refractivity contribution in [2.75, 3.05) is 20.3 Å². The van der Waals surface area contributed by atoms with Crippen LogP contribution in [0.1, 0.15) is 0 Å². The highest BCUT2D eigenvalue weighted by Crippen LogP contribution is 2.35. The van der Waals surface area contributed by atoms with E-state index < -0.39 is 0 Å². The first-order valence-electron chi connectivity index (χ1n) is 4.74. The van der Waals surface area contributed by atoms with Gasteiger partial charge < -0.3 is 19.6 Å². The molecule has 1 aromatic heterocycles. The average Bonchev–Trinajstić information content (AvgIpc) is 2.73. The van der Waals surface area contributed by atoms with Gasteiger partial charge in [-0.05, 0) is 18.2 Å². The second-order valence-electron chi connectivity index (χ2n) is 3.07. The van der Waals surface area contributed by atoms with Crippen LogP contribution in [-0.2, 0) is 0 Å². The van der Waals surface area contributed by atoms with Gasteiger partial charge in [-0.25, -0.2) is 0 Å². The number of nitrogens with two attached hydrogens (primary N) is 1. The van der Waals surface area contributed by atoms with E-state index in [0.717, 1.165) is 5.39 Å². The number of ether oxygens (including phenoxy) is 2. The summed E-state index contributed by atoms with van der Waals surface area (Å²) in [4.78, 5) is 0. The predicted octanol–water partition coefficient (Wildman–Crippen LogP) is 1.78. The van der Waals surface area contributed by atoms with Gasteiger partial charge in [0.05, 0.1) is 13.4 Å². The summed E-state index contributed by atoms with van der Waals surface area (Å²) in [5, 5.41) is 0.989. The number of furan rings is 1. The van der Waals surface area contributed by atoms with E-state index in [0.29, 0.717) is 30.2 Å². The van der Waals surface area contributed by atoms with Gasteiger partial charge >= 0.3 is 0 Å². The summed E-state index contributed by atoms with van der Waals surface area (Å²) < 4.78 is 16.0. The Morgan fingerprint density at radius 2 is 2.20 bits per heavy atom. The lowest BCUT2D eigenvalue weighted by Gasteiger charge is -2.09. The lowest BCUT2D eigenvalue weighted by atomic mass is 10.2. The maximum atomic E-state index is 5.51. The zero-order valence-electron chi connectivity index (χ0n) is 8.53. The zero-order valence-corrected chi connectivity index (χ0v) is 8.53. The lowest BCUT2D eigenvalue weighted by Crippen LogP contribution is -2.11. The number of rotatable bonds is 4. The highest BCUT2D eigenvalue weighted by molar-refractivity contribution is 5.85. The molecule has 2 N–H and O–H groups in total. The Morgan fingerprint density at radius 3 is 2.93 bits per heavy atom. The second-order valence-corrected chi connectivity index (χ2v) is 3.07. The van der Waals surface area contributed by atoms with Crippen molar-refractivity contribution < 1.29 is 13.9 Å². The Morgan fingerprint density at radius 1 is 1.33 bits per heavy atom. The molecule has 0 fully saturated rings. The molecular formula is C11H13NO3. The topological polar surface area (TPSA) is 57.6 Å². The number of hydrogen-bond donors (Lipinski definition) is 1. The van der Waals surface area contributed by atoms with Gasteiger partial charge in [0, 0.05) is 11.9 Å². The van der Waals surface area contributed by atoms with Gasteiger partial charge in [0.15, 0.2) is 11.3 Å². The molecule has 1 heterocycles. The van der Waals surface area contributed by atoms with Gasteiger partial charge in [0.25, 0.3) is 0 Å². The molecule has 0 saturated heterocycles. The van der Waals surface area contributed by atoms with Gasteiger partial charge in [-0.2, -0.15) is 0 Å². The summed E-state index contributed by atoms with van der Waals surface area (Å²) in [6.45, 7) is 0.899. The molecule has 0 spiro atoms. The molecule has 0 amide bonds. The van der Waals surface area contributed by atoms with Crippen molar-refractivity contribution in [2.45, 2.75) is 0 Å². The monoisotopic (exact) mass is 207 g/mol. The third-order valence-corrected chi connectivity index (χ3v) is 2.12. The highest BCUT2D eigenvalue weighted by atomic mass is 16.5. The SMILES string of the molecule is COc1ccc2ccoc2c1OCCN. The van der Waals surface area contributed by atoms with Crippen molar-refractivity contribution in [3.05, 3.63) is 24.5 Å². The zero-order chi connectivity index (χ0) is 10.7. The lowest BCUT2D eigenvalue weighted by molar-refractivity contribution is 0.302. The van der Waals surface area contributed by atoms with Gasteiger partial charge in [0.1, 0.15) is 6.61 Å². The number of methoxy groups -OCH3 is 1. The Balaban J connectivity index is 2.48. The minimum Gasteiger partial charge on any atom is -0.493 e. The van der Waals surface area contributed by atoms with E-state index in [1.54, 1.807) is 13.4 Å². The normalized spacial score (nSPS) is 10.5. The minimum atomic E-state index is 0.441. The summed E-state index contributed by atoms with van der Waals surface area (Å²) >= 11 is 0. The van der Waals surface area contributed by atoms with Crippen LogP contribution >= 0.6 is 0 Å². The average molecular weight is 207 g/mol. The smallest absolute Gasteiger partial charge is 0.204 e.